The molecule has 1 saturated heterocycles. The van der Waals surface area contributed by atoms with Crippen molar-refractivity contribution in [2.45, 2.75) is 0 Å². The molecular weight excluding hydrogens is 324 g/mol. The van der Waals surface area contributed by atoms with Crippen molar-refractivity contribution in [2.75, 3.05) is 36.5 Å². The standard InChI is InChI=1S/C19H19ClN2O2/c20-16-5-3-4-15(14-16)8-9-19(23)21-17-6-1-2-7-18(17)22-10-12-24-13-11-22/h1-9,14H,10-13H2,(H,21,23). The number of benzene rings is 2. The Balaban J connectivity index is 1.70. The normalized spacial score (nSPS) is 14.8. The predicted molar refractivity (Wildman–Crippen MR) is 98.6 cm³/mol. The number of morpholine rings is 1. The molecule has 4 nitrogen and oxygen atoms in total. The molecule has 0 radical (unpaired) electrons. The van der Waals surface area contributed by atoms with Crippen LogP contribution in [0.25, 0.3) is 6.08 Å². The summed E-state index contributed by atoms with van der Waals surface area (Å²) >= 11 is 5.95. The molecule has 0 aromatic heterocycles. The third-order valence-corrected chi connectivity index (χ3v) is 4.02. The van der Waals surface area contributed by atoms with Crippen LogP contribution in [0.15, 0.2) is 54.6 Å². The molecule has 3 rings (SSSR count). The summed E-state index contributed by atoms with van der Waals surface area (Å²) in [6.07, 6.45) is 3.26. The van der Waals surface area contributed by atoms with Gasteiger partial charge in [-0.25, -0.2) is 0 Å². The van der Waals surface area contributed by atoms with Gasteiger partial charge in [0.05, 0.1) is 24.6 Å². The fraction of sp³-hybridized carbons (Fsp3) is 0.211. The van der Waals surface area contributed by atoms with Gasteiger partial charge < -0.3 is 15.0 Å². The van der Waals surface area contributed by atoms with Gasteiger partial charge in [0.2, 0.25) is 5.91 Å². The lowest BCUT2D eigenvalue weighted by Crippen LogP contribution is -2.36. The molecule has 0 aliphatic carbocycles. The monoisotopic (exact) mass is 342 g/mol. The van der Waals surface area contributed by atoms with Crippen LogP contribution in [0, 0.1) is 0 Å². The molecule has 0 bridgehead atoms. The highest BCUT2D eigenvalue weighted by atomic mass is 35.5. The minimum atomic E-state index is -0.171. The number of halogens is 1. The number of carbonyl (C=O) groups is 1. The molecule has 124 valence electrons. The second-order valence-corrected chi connectivity index (χ2v) is 5.93. The van der Waals surface area contributed by atoms with Crippen molar-refractivity contribution in [3.8, 4) is 0 Å². The highest BCUT2D eigenvalue weighted by molar-refractivity contribution is 6.30. The lowest BCUT2D eigenvalue weighted by molar-refractivity contribution is -0.111. The molecule has 1 fully saturated rings. The lowest BCUT2D eigenvalue weighted by atomic mass is 10.2. The summed E-state index contributed by atoms with van der Waals surface area (Å²) in [7, 11) is 0. The van der Waals surface area contributed by atoms with E-state index in [1.54, 1.807) is 12.1 Å². The summed E-state index contributed by atoms with van der Waals surface area (Å²) in [5.41, 5.74) is 2.71. The summed E-state index contributed by atoms with van der Waals surface area (Å²) in [6.45, 7) is 3.06. The van der Waals surface area contributed by atoms with Gasteiger partial charge in [-0.2, -0.15) is 0 Å². The second kappa shape index (κ2) is 7.99. The van der Waals surface area contributed by atoms with Crippen LogP contribution in [0.5, 0.6) is 0 Å². The summed E-state index contributed by atoms with van der Waals surface area (Å²) in [6, 6.07) is 15.2. The van der Waals surface area contributed by atoms with Crippen LogP contribution in [0.1, 0.15) is 5.56 Å². The number of anilines is 2. The number of carbonyl (C=O) groups excluding carboxylic acids is 1. The third kappa shape index (κ3) is 4.37. The minimum Gasteiger partial charge on any atom is -0.378 e. The summed E-state index contributed by atoms with van der Waals surface area (Å²) in [5.74, 6) is -0.171. The minimum absolute atomic E-state index is 0.171. The Kier molecular flexibility index (Phi) is 5.51. The molecule has 0 unspecified atom stereocenters. The fourth-order valence-corrected chi connectivity index (χ4v) is 2.81. The first kappa shape index (κ1) is 16.6. The SMILES string of the molecule is O=C(C=Cc1cccc(Cl)c1)Nc1ccccc1N1CCOCC1. The third-order valence-electron chi connectivity index (χ3n) is 3.79. The molecular formula is C19H19ClN2O2. The number of ether oxygens (including phenoxy) is 1. The average Bonchev–Trinajstić information content (AvgIpc) is 2.61. The summed E-state index contributed by atoms with van der Waals surface area (Å²) in [5, 5.41) is 3.60. The molecule has 0 saturated carbocycles. The zero-order valence-corrected chi connectivity index (χ0v) is 14.0. The van der Waals surface area contributed by atoms with Crippen LogP contribution in [0.4, 0.5) is 11.4 Å². The zero-order chi connectivity index (χ0) is 16.8. The fourth-order valence-electron chi connectivity index (χ4n) is 2.62. The first-order valence-electron chi connectivity index (χ1n) is 7.89. The largest absolute Gasteiger partial charge is 0.378 e. The van der Waals surface area contributed by atoms with Crippen molar-refractivity contribution in [1.82, 2.24) is 0 Å². The Labute approximate surface area is 146 Å². The zero-order valence-electron chi connectivity index (χ0n) is 13.2. The van der Waals surface area contributed by atoms with Gasteiger partial charge in [-0.3, -0.25) is 4.79 Å². The van der Waals surface area contributed by atoms with Crippen molar-refractivity contribution >= 4 is 35.0 Å². The van der Waals surface area contributed by atoms with E-state index in [1.165, 1.54) is 6.08 Å². The molecule has 1 heterocycles. The second-order valence-electron chi connectivity index (χ2n) is 5.49. The van der Waals surface area contributed by atoms with E-state index < -0.39 is 0 Å². The number of nitrogens with zero attached hydrogens (tertiary/aromatic N) is 1. The Bertz CT molecular complexity index is 740. The van der Waals surface area contributed by atoms with Gasteiger partial charge in [-0.1, -0.05) is 35.9 Å². The number of amides is 1. The smallest absolute Gasteiger partial charge is 0.248 e. The number of hydrogen-bond acceptors (Lipinski definition) is 3. The van der Waals surface area contributed by atoms with Gasteiger partial charge in [-0.05, 0) is 35.9 Å². The maximum Gasteiger partial charge on any atom is 0.248 e. The molecule has 24 heavy (non-hydrogen) atoms. The summed E-state index contributed by atoms with van der Waals surface area (Å²) in [4.78, 5) is 14.5. The van der Waals surface area contributed by atoms with E-state index in [1.807, 2.05) is 42.5 Å². The van der Waals surface area contributed by atoms with Crippen molar-refractivity contribution in [3.63, 3.8) is 0 Å². The molecule has 1 amide bonds. The van der Waals surface area contributed by atoms with E-state index in [0.29, 0.717) is 18.2 Å². The molecule has 5 heteroatoms. The number of para-hydroxylation sites is 2. The van der Waals surface area contributed by atoms with Gasteiger partial charge in [0.25, 0.3) is 0 Å². The average molecular weight is 343 g/mol. The number of hydrogen-bond donors (Lipinski definition) is 1. The number of rotatable bonds is 4. The van der Waals surface area contributed by atoms with Crippen LogP contribution in [-0.2, 0) is 9.53 Å². The maximum absolute atomic E-state index is 12.2. The summed E-state index contributed by atoms with van der Waals surface area (Å²) < 4.78 is 5.39. The van der Waals surface area contributed by atoms with Crippen molar-refractivity contribution in [1.29, 1.82) is 0 Å². The Hall–Kier alpha value is -2.30. The molecule has 0 spiro atoms. The van der Waals surface area contributed by atoms with Gasteiger partial charge in [-0.15, -0.1) is 0 Å². The topological polar surface area (TPSA) is 41.6 Å². The van der Waals surface area contributed by atoms with Crippen LogP contribution in [0.2, 0.25) is 5.02 Å². The molecule has 0 atom stereocenters. The Morgan fingerprint density at radius 3 is 2.71 bits per heavy atom. The van der Waals surface area contributed by atoms with Crippen LogP contribution < -0.4 is 10.2 Å². The van der Waals surface area contributed by atoms with Gasteiger partial charge >= 0.3 is 0 Å². The quantitative estimate of drug-likeness (QED) is 0.859. The van der Waals surface area contributed by atoms with Crippen LogP contribution >= 0.6 is 11.6 Å². The highest BCUT2D eigenvalue weighted by Gasteiger charge is 2.15. The maximum atomic E-state index is 12.2. The van der Waals surface area contributed by atoms with E-state index in [0.717, 1.165) is 30.0 Å². The first-order chi connectivity index (χ1) is 11.7. The van der Waals surface area contributed by atoms with Crippen LogP contribution in [-0.4, -0.2) is 32.2 Å². The van der Waals surface area contributed by atoms with E-state index >= 15 is 0 Å². The van der Waals surface area contributed by atoms with Gasteiger partial charge in [0.1, 0.15) is 0 Å². The van der Waals surface area contributed by atoms with Gasteiger partial charge in [0.15, 0.2) is 0 Å². The first-order valence-corrected chi connectivity index (χ1v) is 8.26. The van der Waals surface area contributed by atoms with E-state index in [9.17, 15) is 4.79 Å². The highest BCUT2D eigenvalue weighted by Crippen LogP contribution is 2.26. The molecule has 1 aliphatic rings. The predicted octanol–water partition coefficient (Wildman–Crippen LogP) is 3.83. The molecule has 1 N–H and O–H groups in total. The van der Waals surface area contributed by atoms with E-state index in [4.69, 9.17) is 16.3 Å². The van der Waals surface area contributed by atoms with Crippen molar-refractivity contribution < 1.29 is 9.53 Å². The van der Waals surface area contributed by atoms with Crippen molar-refractivity contribution in [3.05, 3.63) is 65.2 Å². The van der Waals surface area contributed by atoms with Crippen LogP contribution in [0.3, 0.4) is 0 Å². The lowest BCUT2D eigenvalue weighted by Gasteiger charge is -2.30. The Morgan fingerprint density at radius 1 is 1.12 bits per heavy atom. The molecule has 2 aromatic rings. The van der Waals surface area contributed by atoms with E-state index in [2.05, 4.69) is 10.2 Å². The molecule has 1 aliphatic heterocycles. The Morgan fingerprint density at radius 2 is 1.92 bits per heavy atom. The van der Waals surface area contributed by atoms with E-state index in [-0.39, 0.29) is 5.91 Å². The van der Waals surface area contributed by atoms with Gasteiger partial charge in [0, 0.05) is 24.2 Å². The number of nitrogens with one attached hydrogen (secondary N) is 1. The van der Waals surface area contributed by atoms with Crippen molar-refractivity contribution in [2.24, 2.45) is 0 Å². The molecule has 2 aromatic carbocycles.